The Balaban J connectivity index is 2.16. The summed E-state index contributed by atoms with van der Waals surface area (Å²) >= 11 is 11.6. The zero-order valence-electron chi connectivity index (χ0n) is 13.5. The Morgan fingerprint density at radius 2 is 1.88 bits per heavy atom. The van der Waals surface area contributed by atoms with E-state index in [1.807, 2.05) is 6.92 Å². The van der Waals surface area contributed by atoms with E-state index in [1.165, 1.54) is 31.5 Å². The number of halogens is 2. The minimum absolute atomic E-state index is 0.0382. The highest BCUT2D eigenvalue weighted by Gasteiger charge is 2.14. The molecule has 9 heteroatoms. The van der Waals surface area contributed by atoms with Crippen molar-refractivity contribution in [1.82, 2.24) is 4.83 Å². The predicted molar refractivity (Wildman–Crippen MR) is 98.5 cm³/mol. The number of nitrogens with zero attached hydrogens (tertiary/aromatic N) is 1. The van der Waals surface area contributed by atoms with Crippen LogP contribution in [0, 0.1) is 0 Å². The van der Waals surface area contributed by atoms with Gasteiger partial charge in [0.2, 0.25) is 0 Å². The second kappa shape index (κ2) is 8.42. The van der Waals surface area contributed by atoms with Gasteiger partial charge in [0.15, 0.2) is 11.5 Å². The molecule has 0 unspecified atom stereocenters. The second-order valence-corrected chi connectivity index (χ2v) is 7.25. The third-order valence-corrected chi connectivity index (χ3v) is 5.03. The lowest BCUT2D eigenvalue weighted by molar-refractivity contribution is 0.311. The van der Waals surface area contributed by atoms with Crippen molar-refractivity contribution < 1.29 is 17.9 Å². The molecule has 0 spiro atoms. The Labute approximate surface area is 156 Å². The fraction of sp³-hybridized carbons (Fsp3) is 0.188. The number of hydrogen-bond donors (Lipinski definition) is 1. The van der Waals surface area contributed by atoms with Gasteiger partial charge < -0.3 is 9.47 Å². The highest BCUT2D eigenvalue weighted by molar-refractivity contribution is 7.89. The van der Waals surface area contributed by atoms with Gasteiger partial charge in [0.25, 0.3) is 10.0 Å². The molecule has 0 aliphatic heterocycles. The minimum Gasteiger partial charge on any atom is -0.493 e. The number of sulfonamides is 1. The quantitative estimate of drug-likeness (QED) is 0.565. The predicted octanol–water partition coefficient (Wildman–Crippen LogP) is 3.71. The number of nitrogens with one attached hydrogen (secondary N) is 1. The van der Waals surface area contributed by atoms with E-state index in [4.69, 9.17) is 32.7 Å². The summed E-state index contributed by atoms with van der Waals surface area (Å²) in [6.07, 6.45) is 1.36. The summed E-state index contributed by atoms with van der Waals surface area (Å²) in [7, 11) is -2.31. The lowest BCUT2D eigenvalue weighted by atomic mass is 10.2. The van der Waals surface area contributed by atoms with Gasteiger partial charge in [-0.05, 0) is 48.9 Å². The van der Waals surface area contributed by atoms with Crippen LogP contribution in [0.5, 0.6) is 11.5 Å². The van der Waals surface area contributed by atoms with Crippen LogP contribution in [0.4, 0.5) is 0 Å². The van der Waals surface area contributed by atoms with Crippen molar-refractivity contribution in [2.24, 2.45) is 5.10 Å². The molecule has 0 atom stereocenters. The van der Waals surface area contributed by atoms with Crippen LogP contribution in [0.1, 0.15) is 12.5 Å². The molecular weight excluding hydrogens is 387 g/mol. The summed E-state index contributed by atoms with van der Waals surface area (Å²) in [5, 5.41) is 4.18. The Bertz CT molecular complexity index is 886. The molecule has 2 rings (SSSR count). The Morgan fingerprint density at radius 1 is 1.12 bits per heavy atom. The molecule has 1 N–H and O–H groups in total. The number of ether oxygens (including phenoxy) is 2. The molecule has 0 radical (unpaired) electrons. The summed E-state index contributed by atoms with van der Waals surface area (Å²) in [6, 6.07) is 9.12. The number of hydrogen-bond acceptors (Lipinski definition) is 5. The fourth-order valence-electron chi connectivity index (χ4n) is 1.91. The van der Waals surface area contributed by atoms with E-state index in [9.17, 15) is 8.42 Å². The molecule has 0 heterocycles. The van der Waals surface area contributed by atoms with Crippen molar-refractivity contribution in [3.63, 3.8) is 0 Å². The average molecular weight is 403 g/mol. The second-order valence-electron chi connectivity index (χ2n) is 4.77. The van der Waals surface area contributed by atoms with E-state index in [2.05, 4.69) is 9.93 Å². The molecule has 0 aliphatic carbocycles. The van der Waals surface area contributed by atoms with Gasteiger partial charge in [-0.3, -0.25) is 0 Å². The van der Waals surface area contributed by atoms with Crippen molar-refractivity contribution >= 4 is 39.4 Å². The van der Waals surface area contributed by atoms with E-state index in [0.717, 1.165) is 0 Å². The van der Waals surface area contributed by atoms with Crippen molar-refractivity contribution in [3.8, 4) is 11.5 Å². The standard InChI is InChI=1S/C16H16Cl2N2O4S/c1-3-24-16-8-11(4-7-15(16)23-2)10-19-20-25(21,22)12-5-6-13(17)14(18)9-12/h4-10,20H,3H2,1-2H3/b19-10+. The van der Waals surface area contributed by atoms with Gasteiger partial charge in [0.05, 0.1) is 34.9 Å². The van der Waals surface area contributed by atoms with Crippen LogP contribution in [0.15, 0.2) is 46.4 Å². The largest absolute Gasteiger partial charge is 0.493 e. The van der Waals surface area contributed by atoms with Gasteiger partial charge in [-0.1, -0.05) is 23.2 Å². The van der Waals surface area contributed by atoms with Crippen LogP contribution in [-0.2, 0) is 10.0 Å². The maximum atomic E-state index is 12.2. The third kappa shape index (κ3) is 5.01. The summed E-state index contributed by atoms with van der Waals surface area (Å²) < 4.78 is 35.0. The highest BCUT2D eigenvalue weighted by Crippen LogP contribution is 2.27. The van der Waals surface area contributed by atoms with Crippen LogP contribution in [0.25, 0.3) is 0 Å². The normalized spacial score (nSPS) is 11.5. The number of rotatable bonds is 7. The molecule has 0 saturated heterocycles. The van der Waals surface area contributed by atoms with Crippen LogP contribution in [0.2, 0.25) is 10.0 Å². The smallest absolute Gasteiger partial charge is 0.276 e. The van der Waals surface area contributed by atoms with Gasteiger partial charge in [0.1, 0.15) is 0 Å². The van der Waals surface area contributed by atoms with E-state index in [-0.39, 0.29) is 14.9 Å². The molecular formula is C16H16Cl2N2O4S. The first-order valence-corrected chi connectivity index (χ1v) is 9.42. The van der Waals surface area contributed by atoms with E-state index in [0.29, 0.717) is 23.7 Å². The van der Waals surface area contributed by atoms with Crippen LogP contribution in [-0.4, -0.2) is 28.3 Å². The number of hydrazone groups is 1. The molecule has 0 bridgehead atoms. The van der Waals surface area contributed by atoms with Gasteiger partial charge in [-0.15, -0.1) is 0 Å². The number of benzene rings is 2. The molecule has 0 amide bonds. The molecule has 0 fully saturated rings. The zero-order chi connectivity index (χ0) is 18.4. The van der Waals surface area contributed by atoms with Crippen LogP contribution < -0.4 is 14.3 Å². The van der Waals surface area contributed by atoms with Crippen molar-refractivity contribution in [2.75, 3.05) is 13.7 Å². The Morgan fingerprint density at radius 3 is 2.52 bits per heavy atom. The highest BCUT2D eigenvalue weighted by atomic mass is 35.5. The Kier molecular flexibility index (Phi) is 6.52. The molecule has 6 nitrogen and oxygen atoms in total. The van der Waals surface area contributed by atoms with Gasteiger partial charge in [-0.2, -0.15) is 13.5 Å². The van der Waals surface area contributed by atoms with Crippen LogP contribution in [0.3, 0.4) is 0 Å². The van der Waals surface area contributed by atoms with Gasteiger partial charge >= 0.3 is 0 Å². The molecule has 0 saturated carbocycles. The molecule has 0 aromatic heterocycles. The summed E-state index contributed by atoms with van der Waals surface area (Å²) in [5.74, 6) is 1.12. The van der Waals surface area contributed by atoms with E-state index in [1.54, 1.807) is 18.2 Å². The first-order valence-electron chi connectivity index (χ1n) is 7.18. The van der Waals surface area contributed by atoms with Crippen LogP contribution >= 0.6 is 23.2 Å². The summed E-state index contributed by atoms with van der Waals surface area (Å²) in [5.41, 5.74) is 0.640. The maximum Gasteiger partial charge on any atom is 0.276 e. The fourth-order valence-corrected chi connectivity index (χ4v) is 3.09. The zero-order valence-corrected chi connectivity index (χ0v) is 15.8. The van der Waals surface area contributed by atoms with E-state index >= 15 is 0 Å². The Hall–Kier alpha value is -1.96. The lowest BCUT2D eigenvalue weighted by Crippen LogP contribution is -2.18. The van der Waals surface area contributed by atoms with Crippen molar-refractivity contribution in [2.45, 2.75) is 11.8 Å². The summed E-state index contributed by atoms with van der Waals surface area (Å²) in [4.78, 5) is 2.08. The maximum absolute atomic E-state index is 12.2. The topological polar surface area (TPSA) is 77.0 Å². The SMILES string of the molecule is CCOc1cc(/C=N/NS(=O)(=O)c2ccc(Cl)c(Cl)c2)ccc1OC. The van der Waals surface area contributed by atoms with Crippen molar-refractivity contribution in [3.05, 3.63) is 52.0 Å². The molecule has 2 aromatic rings. The third-order valence-electron chi connectivity index (χ3n) is 3.08. The minimum atomic E-state index is -3.85. The lowest BCUT2D eigenvalue weighted by Gasteiger charge is -2.09. The number of methoxy groups -OCH3 is 1. The van der Waals surface area contributed by atoms with Crippen molar-refractivity contribution in [1.29, 1.82) is 0 Å². The molecule has 25 heavy (non-hydrogen) atoms. The average Bonchev–Trinajstić information content (AvgIpc) is 2.57. The monoisotopic (exact) mass is 402 g/mol. The van der Waals surface area contributed by atoms with Gasteiger partial charge in [-0.25, -0.2) is 4.83 Å². The molecule has 0 aliphatic rings. The summed E-state index contributed by atoms with van der Waals surface area (Å²) in [6.45, 7) is 2.33. The van der Waals surface area contributed by atoms with E-state index < -0.39 is 10.0 Å². The van der Waals surface area contributed by atoms with Gasteiger partial charge in [0, 0.05) is 0 Å². The first-order chi connectivity index (χ1) is 11.9. The first kappa shape index (κ1) is 19.4. The molecule has 134 valence electrons. The molecule has 2 aromatic carbocycles.